The Morgan fingerprint density at radius 1 is 1.21 bits per heavy atom. The smallest absolute Gasteiger partial charge is 0.162 e. The first kappa shape index (κ1) is 22.0. The summed E-state index contributed by atoms with van der Waals surface area (Å²) >= 11 is 11.5. The lowest BCUT2D eigenvalue weighted by Crippen LogP contribution is -2.31. The third-order valence-electron chi connectivity index (χ3n) is 4.00. The molecule has 4 nitrogen and oxygen atoms in total. The zero-order valence-corrected chi connectivity index (χ0v) is 17.6. The van der Waals surface area contributed by atoms with Gasteiger partial charge in [0.1, 0.15) is 17.7 Å². The van der Waals surface area contributed by atoms with Gasteiger partial charge < -0.3 is 19.5 Å². The van der Waals surface area contributed by atoms with Crippen LogP contribution in [-0.2, 0) is 11.2 Å². The third-order valence-corrected chi connectivity index (χ3v) is 4.61. The monoisotopic (exact) mass is 417 g/mol. The van der Waals surface area contributed by atoms with E-state index >= 15 is 0 Å². The van der Waals surface area contributed by atoms with Crippen LogP contribution in [-0.4, -0.2) is 31.9 Å². The Labute approximate surface area is 177 Å². The third kappa shape index (κ3) is 6.42. The summed E-state index contributed by atoms with van der Waals surface area (Å²) in [6.45, 7) is 3.38. The van der Waals surface area contributed by atoms with Gasteiger partial charge in [0.2, 0.25) is 0 Å². The molecular weight excluding hydrogens is 394 g/mol. The molecule has 0 fully saturated rings. The Bertz CT molecular complexity index is 818. The van der Waals surface area contributed by atoms with E-state index in [-0.39, 0.29) is 12.7 Å². The maximum absolute atomic E-state index is 5.97. The summed E-state index contributed by atoms with van der Waals surface area (Å²) < 4.78 is 16.7. The molecular formula is C22H24ClNO3S. The molecule has 1 N–H and O–H groups in total. The molecule has 0 heterocycles. The fourth-order valence-electron chi connectivity index (χ4n) is 2.66. The van der Waals surface area contributed by atoms with Gasteiger partial charge >= 0.3 is 0 Å². The summed E-state index contributed by atoms with van der Waals surface area (Å²) in [6.07, 6.45) is 5.70. The summed E-state index contributed by atoms with van der Waals surface area (Å²) in [6, 6.07) is 13.3. The Kier molecular flexibility index (Phi) is 9.09. The molecule has 0 aromatic heterocycles. The van der Waals surface area contributed by atoms with Crippen LogP contribution in [0, 0.1) is 12.3 Å². The zero-order valence-electron chi connectivity index (χ0n) is 16.0. The topological polar surface area (TPSA) is 39.7 Å². The van der Waals surface area contributed by atoms with E-state index < -0.39 is 0 Å². The molecule has 2 aromatic rings. The minimum atomic E-state index is -0.300. The first-order valence-electron chi connectivity index (χ1n) is 8.97. The number of hydrogen-bond donors (Lipinski definition) is 1. The van der Waals surface area contributed by atoms with Gasteiger partial charge in [-0.3, -0.25) is 0 Å². The summed E-state index contributed by atoms with van der Waals surface area (Å²) in [5.41, 5.74) is 2.07. The second-order valence-electron chi connectivity index (χ2n) is 5.91. The van der Waals surface area contributed by atoms with Crippen molar-refractivity contribution in [3.8, 4) is 23.8 Å². The van der Waals surface area contributed by atoms with Crippen LogP contribution in [0.4, 0.5) is 0 Å². The van der Waals surface area contributed by atoms with Crippen molar-refractivity contribution in [3.05, 3.63) is 58.6 Å². The number of thiocarbonyl (C=S) groups is 1. The lowest BCUT2D eigenvalue weighted by Gasteiger charge is -2.20. The largest absolute Gasteiger partial charge is 0.493 e. The maximum Gasteiger partial charge on any atom is 0.162 e. The van der Waals surface area contributed by atoms with Crippen molar-refractivity contribution in [2.24, 2.45) is 0 Å². The highest BCUT2D eigenvalue weighted by molar-refractivity contribution is 7.80. The number of halogens is 1. The van der Waals surface area contributed by atoms with Crippen LogP contribution >= 0.6 is 23.8 Å². The molecule has 6 heteroatoms. The average Bonchev–Trinajstić information content (AvgIpc) is 2.71. The zero-order chi connectivity index (χ0) is 20.4. The highest BCUT2D eigenvalue weighted by Crippen LogP contribution is 2.28. The Balaban J connectivity index is 1.96. The van der Waals surface area contributed by atoms with E-state index in [0.29, 0.717) is 34.7 Å². The molecule has 0 spiro atoms. The van der Waals surface area contributed by atoms with Crippen molar-refractivity contribution in [2.75, 3.05) is 26.9 Å². The molecule has 0 saturated heterocycles. The molecule has 0 aliphatic carbocycles. The van der Waals surface area contributed by atoms with Crippen LogP contribution in [0.1, 0.15) is 24.2 Å². The lowest BCUT2D eigenvalue weighted by molar-refractivity contribution is 0.109. The van der Waals surface area contributed by atoms with E-state index in [0.717, 1.165) is 17.5 Å². The molecule has 0 radical (unpaired) electrons. The fourth-order valence-corrected chi connectivity index (χ4v) is 3.09. The van der Waals surface area contributed by atoms with Crippen LogP contribution in [0.5, 0.6) is 11.5 Å². The molecule has 0 aliphatic rings. The van der Waals surface area contributed by atoms with E-state index in [4.69, 9.17) is 44.5 Å². The Morgan fingerprint density at radius 2 is 1.96 bits per heavy atom. The van der Waals surface area contributed by atoms with Gasteiger partial charge in [0.15, 0.2) is 11.5 Å². The minimum Gasteiger partial charge on any atom is -0.493 e. The molecule has 2 aromatic carbocycles. The van der Waals surface area contributed by atoms with Gasteiger partial charge in [0.25, 0.3) is 0 Å². The first-order valence-corrected chi connectivity index (χ1v) is 9.75. The van der Waals surface area contributed by atoms with Crippen LogP contribution in [0.25, 0.3) is 0 Å². The number of hydrogen-bond acceptors (Lipinski definition) is 4. The Hall–Kier alpha value is -2.26. The van der Waals surface area contributed by atoms with Crippen LogP contribution in [0.15, 0.2) is 42.5 Å². The molecule has 28 heavy (non-hydrogen) atoms. The van der Waals surface area contributed by atoms with Gasteiger partial charge in [0.05, 0.1) is 7.11 Å². The van der Waals surface area contributed by atoms with Crippen molar-refractivity contribution in [1.82, 2.24) is 5.32 Å². The normalized spacial score (nSPS) is 11.4. The highest BCUT2D eigenvalue weighted by Gasteiger charge is 2.17. The molecule has 1 atom stereocenters. The van der Waals surface area contributed by atoms with Gasteiger partial charge in [-0.25, -0.2) is 0 Å². The Morgan fingerprint density at radius 3 is 2.61 bits per heavy atom. The lowest BCUT2D eigenvalue weighted by atomic mass is 10.1. The highest BCUT2D eigenvalue weighted by atomic mass is 35.5. The van der Waals surface area contributed by atoms with Crippen molar-refractivity contribution in [1.29, 1.82) is 0 Å². The summed E-state index contributed by atoms with van der Waals surface area (Å²) in [5.74, 6) is 3.73. The number of rotatable bonds is 10. The predicted octanol–water partition coefficient (Wildman–Crippen LogP) is 4.60. The molecule has 0 aliphatic heterocycles. The van der Waals surface area contributed by atoms with E-state index in [1.165, 1.54) is 0 Å². The molecule has 0 bridgehead atoms. The van der Waals surface area contributed by atoms with Gasteiger partial charge in [0, 0.05) is 18.2 Å². The van der Waals surface area contributed by atoms with Gasteiger partial charge in [-0.05, 0) is 48.7 Å². The molecule has 0 saturated carbocycles. The number of ether oxygens (including phenoxy) is 3. The fraction of sp³-hybridized carbons (Fsp3) is 0.318. The van der Waals surface area contributed by atoms with Crippen molar-refractivity contribution in [3.63, 3.8) is 0 Å². The average molecular weight is 418 g/mol. The van der Waals surface area contributed by atoms with Gasteiger partial charge in [-0.15, -0.1) is 6.42 Å². The number of nitrogens with one attached hydrogen (secondary N) is 1. The van der Waals surface area contributed by atoms with E-state index in [2.05, 4.69) is 11.2 Å². The molecule has 1 unspecified atom stereocenters. The first-order chi connectivity index (χ1) is 13.6. The van der Waals surface area contributed by atoms with Crippen LogP contribution in [0.3, 0.4) is 0 Å². The number of methoxy groups -OCH3 is 1. The van der Waals surface area contributed by atoms with E-state index in [1.807, 2.05) is 49.4 Å². The van der Waals surface area contributed by atoms with E-state index in [9.17, 15) is 0 Å². The predicted molar refractivity (Wildman–Crippen MR) is 117 cm³/mol. The number of terminal acetylenes is 1. The second kappa shape index (κ2) is 11.6. The maximum atomic E-state index is 5.97. The number of benzene rings is 2. The van der Waals surface area contributed by atoms with Crippen molar-refractivity contribution in [2.45, 2.75) is 19.4 Å². The standard InChI is InChI=1S/C22H24ClNO3S/c1-4-14-27-19-11-6-16(15-20(19)25-3)12-13-24-22(28)21(26-5-2)17-7-9-18(23)10-8-17/h1,6-11,15,21H,5,12-14H2,2-3H3,(H,24,28). The van der Waals surface area contributed by atoms with Crippen molar-refractivity contribution >= 4 is 28.8 Å². The summed E-state index contributed by atoms with van der Waals surface area (Å²) in [4.78, 5) is 0.644. The minimum absolute atomic E-state index is 0.203. The quantitative estimate of drug-likeness (QED) is 0.452. The SMILES string of the molecule is C#CCOc1ccc(CCNC(=S)C(OCC)c2ccc(Cl)cc2)cc1OC. The van der Waals surface area contributed by atoms with Crippen LogP contribution in [0.2, 0.25) is 5.02 Å². The molecule has 2 rings (SSSR count). The van der Waals surface area contributed by atoms with Gasteiger partial charge in [-0.1, -0.05) is 47.9 Å². The van der Waals surface area contributed by atoms with Gasteiger partial charge in [-0.2, -0.15) is 0 Å². The second-order valence-corrected chi connectivity index (χ2v) is 6.78. The summed E-state index contributed by atoms with van der Waals surface area (Å²) in [7, 11) is 1.61. The van der Waals surface area contributed by atoms with Crippen LogP contribution < -0.4 is 14.8 Å². The molecule has 0 amide bonds. The molecule has 148 valence electrons. The summed E-state index contributed by atoms with van der Waals surface area (Å²) in [5, 5.41) is 3.97. The van der Waals surface area contributed by atoms with E-state index in [1.54, 1.807) is 7.11 Å². The van der Waals surface area contributed by atoms with Crippen molar-refractivity contribution < 1.29 is 14.2 Å².